The largest absolute Gasteiger partial charge is 0.337 e. The molecule has 2 aromatic carbocycles. The van der Waals surface area contributed by atoms with Crippen molar-refractivity contribution in [1.82, 2.24) is 24.2 Å². The van der Waals surface area contributed by atoms with Crippen molar-refractivity contribution < 1.29 is 13.6 Å². The number of halogens is 2. The highest BCUT2D eigenvalue weighted by atomic mass is 32.2. The van der Waals surface area contributed by atoms with Gasteiger partial charge in [-0.15, -0.1) is 0 Å². The van der Waals surface area contributed by atoms with Gasteiger partial charge in [-0.2, -0.15) is 8.78 Å². The van der Waals surface area contributed by atoms with E-state index in [1.54, 1.807) is 38.5 Å². The zero-order valence-corrected chi connectivity index (χ0v) is 23.1. The number of nitrogens with zero attached hydrogens (tertiary/aromatic N) is 6. The van der Waals surface area contributed by atoms with Gasteiger partial charge in [-0.1, -0.05) is 35.5 Å². The van der Waals surface area contributed by atoms with Gasteiger partial charge in [-0.25, -0.2) is 9.97 Å². The van der Waals surface area contributed by atoms with E-state index in [9.17, 15) is 18.4 Å². The summed E-state index contributed by atoms with van der Waals surface area (Å²) in [6.45, 7) is 7.74. The molecule has 8 nitrogen and oxygen atoms in total. The minimum Gasteiger partial charge on any atom is -0.337 e. The maximum Gasteiger partial charge on any atom is 0.288 e. The summed E-state index contributed by atoms with van der Waals surface area (Å²) < 4.78 is 29.7. The summed E-state index contributed by atoms with van der Waals surface area (Å²) in [7, 11) is 1.68. The Morgan fingerprint density at radius 2 is 1.85 bits per heavy atom. The van der Waals surface area contributed by atoms with E-state index in [0.717, 1.165) is 22.3 Å². The highest BCUT2D eigenvalue weighted by Crippen LogP contribution is 2.31. The van der Waals surface area contributed by atoms with Gasteiger partial charge in [0.05, 0.1) is 17.4 Å². The Hall–Kier alpha value is -3.73. The number of benzene rings is 2. The van der Waals surface area contributed by atoms with Crippen LogP contribution in [0, 0.1) is 6.92 Å². The number of aryl methyl sites for hydroxylation is 1. The molecule has 5 rings (SSSR count). The fraction of sp³-hybridized carbons (Fsp3) is 0.357. The first-order chi connectivity index (χ1) is 18.6. The van der Waals surface area contributed by atoms with Crippen LogP contribution in [-0.4, -0.2) is 61.6 Å². The predicted molar refractivity (Wildman–Crippen MR) is 149 cm³/mol. The molecule has 1 atom stereocenters. The molecule has 1 aliphatic heterocycles. The van der Waals surface area contributed by atoms with Crippen molar-refractivity contribution in [2.24, 2.45) is 7.05 Å². The van der Waals surface area contributed by atoms with E-state index in [2.05, 4.69) is 14.9 Å². The molecule has 3 heterocycles. The third-order valence-electron chi connectivity index (χ3n) is 7.20. The molecule has 2 aromatic heterocycles. The second-order valence-corrected chi connectivity index (χ2v) is 10.9. The topological polar surface area (TPSA) is 76.3 Å². The first kappa shape index (κ1) is 26.9. The summed E-state index contributed by atoms with van der Waals surface area (Å²) in [4.78, 5) is 38.4. The van der Waals surface area contributed by atoms with Gasteiger partial charge in [-0.05, 0) is 43.2 Å². The number of hydrogen-bond donors (Lipinski definition) is 0. The van der Waals surface area contributed by atoms with Gasteiger partial charge < -0.3 is 9.80 Å². The molecule has 39 heavy (non-hydrogen) atoms. The molecule has 1 aliphatic rings. The van der Waals surface area contributed by atoms with Gasteiger partial charge in [0.25, 0.3) is 11.3 Å². The number of alkyl halides is 2. The molecule has 0 radical (unpaired) electrons. The van der Waals surface area contributed by atoms with E-state index in [1.165, 1.54) is 4.68 Å². The molecule has 0 saturated carbocycles. The molecular weight excluding hydrogens is 522 g/mol. The number of piperazine rings is 1. The van der Waals surface area contributed by atoms with Gasteiger partial charge in [0.15, 0.2) is 0 Å². The van der Waals surface area contributed by atoms with Crippen LogP contribution in [0.5, 0.6) is 0 Å². The number of carbonyl (C=O) groups excluding carboxylic acids is 1. The lowest BCUT2D eigenvalue weighted by Crippen LogP contribution is -2.53. The smallest absolute Gasteiger partial charge is 0.288 e. The standard InChI is InChI=1S/C28H30F2N6O2S/c1-17-5-8-25(39-27(29)30)21(11-17)16-36-24-12-20(6-7-23(24)26(38)33(36)4)22-13-31-28(32-14-22)34-9-10-35(19(3)37)18(2)15-34/h5-8,11-14,18,27H,9-10,15-16H2,1-4H3/t18-/m1/s1. The summed E-state index contributed by atoms with van der Waals surface area (Å²) in [5.41, 5.74) is 3.87. The fourth-order valence-electron chi connectivity index (χ4n) is 5.19. The Bertz CT molecular complexity index is 1580. The number of thioether (sulfide) groups is 1. The zero-order chi connectivity index (χ0) is 27.8. The molecule has 1 amide bonds. The average molecular weight is 553 g/mol. The minimum absolute atomic E-state index is 0.0691. The molecular formula is C28H30F2N6O2S. The number of hydrogen-bond acceptors (Lipinski definition) is 6. The number of rotatable bonds is 6. The van der Waals surface area contributed by atoms with Gasteiger partial charge in [0.1, 0.15) is 0 Å². The van der Waals surface area contributed by atoms with Gasteiger partial charge in [0, 0.05) is 62.5 Å². The van der Waals surface area contributed by atoms with Crippen LogP contribution in [0.4, 0.5) is 14.7 Å². The summed E-state index contributed by atoms with van der Waals surface area (Å²) in [6, 6.07) is 11.0. The Balaban J connectivity index is 1.45. The van der Waals surface area contributed by atoms with Crippen LogP contribution in [0.25, 0.3) is 22.0 Å². The zero-order valence-electron chi connectivity index (χ0n) is 22.3. The van der Waals surface area contributed by atoms with Crippen molar-refractivity contribution in [2.75, 3.05) is 24.5 Å². The summed E-state index contributed by atoms with van der Waals surface area (Å²) >= 11 is 0.512. The van der Waals surface area contributed by atoms with Crippen LogP contribution in [-0.2, 0) is 18.4 Å². The number of amides is 1. The molecule has 0 aliphatic carbocycles. The second kappa shape index (κ2) is 10.8. The molecule has 0 unspecified atom stereocenters. The van der Waals surface area contributed by atoms with E-state index >= 15 is 0 Å². The Labute approximate surface area is 229 Å². The molecule has 0 spiro atoms. The maximum atomic E-state index is 13.2. The average Bonchev–Trinajstić information content (AvgIpc) is 3.14. The van der Waals surface area contributed by atoms with Gasteiger partial charge in [-0.3, -0.25) is 19.0 Å². The second-order valence-electron chi connectivity index (χ2n) is 9.89. The molecule has 0 N–H and O–H groups in total. The lowest BCUT2D eigenvalue weighted by Gasteiger charge is -2.39. The fourth-order valence-corrected chi connectivity index (χ4v) is 5.80. The minimum atomic E-state index is -2.53. The van der Waals surface area contributed by atoms with Crippen LogP contribution in [0.1, 0.15) is 25.0 Å². The van der Waals surface area contributed by atoms with Crippen molar-refractivity contribution in [3.8, 4) is 11.1 Å². The number of aromatic nitrogens is 4. The lowest BCUT2D eigenvalue weighted by molar-refractivity contribution is -0.131. The molecule has 11 heteroatoms. The summed E-state index contributed by atoms with van der Waals surface area (Å²) in [6.07, 6.45) is 3.52. The van der Waals surface area contributed by atoms with E-state index < -0.39 is 5.76 Å². The number of anilines is 1. The monoisotopic (exact) mass is 552 g/mol. The molecule has 204 valence electrons. The number of fused-ring (bicyclic) bond motifs is 1. The van der Waals surface area contributed by atoms with Crippen LogP contribution in [0.15, 0.2) is 58.5 Å². The third-order valence-corrected chi connectivity index (χ3v) is 8.03. The van der Waals surface area contributed by atoms with Gasteiger partial charge in [0.2, 0.25) is 11.9 Å². The Kier molecular flexibility index (Phi) is 7.44. The molecule has 0 bridgehead atoms. The maximum absolute atomic E-state index is 13.2. The van der Waals surface area contributed by atoms with E-state index in [0.29, 0.717) is 53.1 Å². The Morgan fingerprint density at radius 1 is 1.10 bits per heavy atom. The highest BCUT2D eigenvalue weighted by Gasteiger charge is 2.26. The van der Waals surface area contributed by atoms with Crippen LogP contribution >= 0.6 is 11.8 Å². The van der Waals surface area contributed by atoms with Crippen molar-refractivity contribution in [1.29, 1.82) is 0 Å². The lowest BCUT2D eigenvalue weighted by atomic mass is 10.1. The molecule has 1 fully saturated rings. The third kappa shape index (κ3) is 5.40. The summed E-state index contributed by atoms with van der Waals surface area (Å²) in [5.74, 6) is -1.86. The van der Waals surface area contributed by atoms with Crippen LogP contribution in [0.3, 0.4) is 0 Å². The van der Waals surface area contributed by atoms with Crippen molar-refractivity contribution in [3.63, 3.8) is 0 Å². The quantitative estimate of drug-likeness (QED) is 0.328. The summed E-state index contributed by atoms with van der Waals surface area (Å²) in [5, 5.41) is 0.548. The first-order valence-corrected chi connectivity index (χ1v) is 13.6. The highest BCUT2D eigenvalue weighted by molar-refractivity contribution is 7.99. The van der Waals surface area contributed by atoms with Crippen molar-refractivity contribution in [3.05, 3.63) is 70.3 Å². The first-order valence-electron chi connectivity index (χ1n) is 12.7. The Morgan fingerprint density at radius 3 is 2.51 bits per heavy atom. The number of carbonyl (C=O) groups is 1. The van der Waals surface area contributed by atoms with E-state index in [1.807, 2.05) is 47.7 Å². The van der Waals surface area contributed by atoms with Crippen molar-refractivity contribution in [2.45, 2.75) is 44.0 Å². The van der Waals surface area contributed by atoms with Gasteiger partial charge >= 0.3 is 0 Å². The normalized spacial score (nSPS) is 15.9. The van der Waals surface area contributed by atoms with E-state index in [-0.39, 0.29) is 24.1 Å². The SMILES string of the molecule is CC(=O)N1CCN(c2ncc(-c3ccc4c(=O)n(C)n(Cc5cc(C)ccc5SC(F)F)c4c3)cn2)C[C@H]1C. The molecule has 1 saturated heterocycles. The van der Waals surface area contributed by atoms with Crippen molar-refractivity contribution >= 4 is 34.5 Å². The van der Waals surface area contributed by atoms with Crippen LogP contribution < -0.4 is 10.5 Å². The molecule has 4 aromatic rings. The van der Waals surface area contributed by atoms with E-state index in [4.69, 9.17) is 0 Å². The predicted octanol–water partition coefficient (Wildman–Crippen LogP) is 4.53. The van der Waals surface area contributed by atoms with Crippen LogP contribution in [0.2, 0.25) is 0 Å².